The molecule has 4 aromatic rings. The summed E-state index contributed by atoms with van der Waals surface area (Å²) in [6, 6.07) is 5.14. The summed E-state index contributed by atoms with van der Waals surface area (Å²) in [5, 5.41) is 25.9. The van der Waals surface area contributed by atoms with E-state index in [9.17, 15) is 8.78 Å². The Hall–Kier alpha value is -3.94. The Morgan fingerprint density at radius 2 is 2.03 bits per heavy atom. The second-order valence-electron chi connectivity index (χ2n) is 9.06. The van der Waals surface area contributed by atoms with E-state index in [1.54, 1.807) is 33.9 Å². The number of aromatic nitrogens is 7. The molecule has 1 N–H and O–H groups in total. The highest BCUT2D eigenvalue weighted by Crippen LogP contribution is 2.40. The second kappa shape index (κ2) is 8.44. The van der Waals surface area contributed by atoms with Crippen molar-refractivity contribution in [2.24, 2.45) is 5.92 Å². The molecule has 9 nitrogen and oxygen atoms in total. The fourth-order valence-electron chi connectivity index (χ4n) is 3.95. The Kier molecular flexibility index (Phi) is 5.43. The maximum Gasteiger partial charge on any atom is 0.252 e. The molecule has 0 radical (unpaired) electrons. The van der Waals surface area contributed by atoms with Crippen LogP contribution >= 0.6 is 0 Å². The Balaban J connectivity index is 1.51. The molecule has 1 saturated carbocycles. The number of nitriles is 1. The van der Waals surface area contributed by atoms with E-state index in [0.29, 0.717) is 39.7 Å². The number of nitrogens with one attached hydrogen (secondary N) is 1. The van der Waals surface area contributed by atoms with Gasteiger partial charge in [0, 0.05) is 36.5 Å². The smallest absolute Gasteiger partial charge is 0.252 e. The van der Waals surface area contributed by atoms with Gasteiger partial charge in [0.25, 0.3) is 5.92 Å². The minimum Gasteiger partial charge on any atom is -0.380 e. The van der Waals surface area contributed by atoms with E-state index in [2.05, 4.69) is 50.6 Å². The third-order valence-electron chi connectivity index (χ3n) is 5.84. The number of hydrogen-bond donors (Lipinski definition) is 1. The van der Waals surface area contributed by atoms with E-state index in [-0.39, 0.29) is 18.9 Å². The van der Waals surface area contributed by atoms with E-state index < -0.39 is 5.92 Å². The molecule has 5 rings (SSSR count). The predicted octanol–water partition coefficient (Wildman–Crippen LogP) is 4.07. The molecule has 0 bridgehead atoms. The first-order valence-corrected chi connectivity index (χ1v) is 11.1. The third-order valence-corrected chi connectivity index (χ3v) is 5.84. The number of alkyl halides is 2. The maximum atomic E-state index is 13.5. The van der Waals surface area contributed by atoms with Gasteiger partial charge in [0.2, 0.25) is 0 Å². The van der Waals surface area contributed by atoms with Crippen LogP contribution in [0.2, 0.25) is 0 Å². The van der Waals surface area contributed by atoms with Crippen molar-refractivity contribution in [3.63, 3.8) is 0 Å². The lowest BCUT2D eigenvalue weighted by molar-refractivity contribution is -0.0793. The van der Waals surface area contributed by atoms with E-state index in [0.717, 1.165) is 18.5 Å². The van der Waals surface area contributed by atoms with Crippen molar-refractivity contribution in [1.82, 2.24) is 34.7 Å². The minimum atomic E-state index is -2.65. The Morgan fingerprint density at radius 3 is 2.76 bits per heavy atom. The quantitative estimate of drug-likeness (QED) is 0.440. The van der Waals surface area contributed by atoms with Gasteiger partial charge < -0.3 is 5.32 Å². The van der Waals surface area contributed by atoms with Crippen LogP contribution < -0.4 is 5.32 Å². The van der Waals surface area contributed by atoms with Gasteiger partial charge in [-0.05, 0) is 24.8 Å². The van der Waals surface area contributed by atoms with Crippen LogP contribution in [0.3, 0.4) is 0 Å². The zero-order valence-corrected chi connectivity index (χ0v) is 18.8. The van der Waals surface area contributed by atoms with Crippen molar-refractivity contribution >= 4 is 16.7 Å². The van der Waals surface area contributed by atoms with Crippen LogP contribution in [0, 0.1) is 17.2 Å². The number of rotatable bonds is 7. The lowest BCUT2D eigenvalue weighted by Crippen LogP contribution is -2.44. The molecule has 0 amide bonds. The molecule has 0 spiro atoms. The largest absolute Gasteiger partial charge is 0.380 e. The fourth-order valence-corrected chi connectivity index (χ4v) is 3.95. The average molecular weight is 463 g/mol. The summed E-state index contributed by atoms with van der Waals surface area (Å²) in [7, 11) is 0. The fraction of sp³-hybridized carbons (Fsp3) is 0.391. The van der Waals surface area contributed by atoms with Gasteiger partial charge in [-0.15, -0.1) is 5.10 Å². The molecule has 1 aliphatic rings. The molecular weight excluding hydrogens is 440 g/mol. The van der Waals surface area contributed by atoms with Crippen LogP contribution in [0.5, 0.6) is 0 Å². The van der Waals surface area contributed by atoms with Gasteiger partial charge in [-0.3, -0.25) is 0 Å². The van der Waals surface area contributed by atoms with Crippen molar-refractivity contribution in [2.75, 3.05) is 5.32 Å². The Morgan fingerprint density at radius 1 is 1.21 bits per heavy atom. The molecule has 4 heterocycles. The molecule has 0 atom stereocenters. The molecule has 0 aromatic carbocycles. The lowest BCUT2D eigenvalue weighted by atomic mass is 9.88. The number of aryl methyl sites for hydroxylation is 1. The summed E-state index contributed by atoms with van der Waals surface area (Å²) in [6.07, 6.45) is 7.87. The number of halogens is 2. The van der Waals surface area contributed by atoms with E-state index >= 15 is 0 Å². The molecular formula is C23H23F2N9. The monoisotopic (exact) mass is 463 g/mol. The summed E-state index contributed by atoms with van der Waals surface area (Å²) in [5.74, 6) is -1.64. The number of nitrogens with zero attached hydrogens (tertiary/aromatic N) is 8. The standard InChI is InChI=1S/C23H23F2N9/c1-14(2)3-4-17-13-33(32-31-17)20-12-27-21(6-19(20)30-18-7-23(24,25)8-18)34-22-16(11-29-34)5-15(9-26)10-28-22/h5-6,10-14,18H,3-4,7-8H2,1-2H3,(H,27,30). The minimum absolute atomic E-state index is 0.232. The van der Waals surface area contributed by atoms with Crippen molar-refractivity contribution in [2.45, 2.75) is 51.5 Å². The zero-order chi connectivity index (χ0) is 23.9. The van der Waals surface area contributed by atoms with E-state index in [1.165, 1.54) is 6.20 Å². The van der Waals surface area contributed by atoms with Crippen LogP contribution in [0.15, 0.2) is 36.9 Å². The highest BCUT2D eigenvalue weighted by atomic mass is 19.3. The zero-order valence-electron chi connectivity index (χ0n) is 18.8. The van der Waals surface area contributed by atoms with Gasteiger partial charge in [0.1, 0.15) is 11.8 Å². The Labute approximate surface area is 194 Å². The first kappa shape index (κ1) is 21.9. The average Bonchev–Trinajstić information content (AvgIpc) is 3.43. The first-order chi connectivity index (χ1) is 16.3. The molecule has 11 heteroatoms. The van der Waals surface area contributed by atoms with Crippen molar-refractivity contribution in [3.05, 3.63) is 48.2 Å². The third kappa shape index (κ3) is 4.31. The number of hydrogen-bond acceptors (Lipinski definition) is 7. The van der Waals surface area contributed by atoms with Crippen LogP contribution in [0.4, 0.5) is 14.5 Å². The van der Waals surface area contributed by atoms with Gasteiger partial charge in [0.15, 0.2) is 11.5 Å². The normalized spacial score (nSPS) is 15.4. The number of pyridine rings is 2. The Bertz CT molecular complexity index is 1370. The van der Waals surface area contributed by atoms with Gasteiger partial charge in [-0.1, -0.05) is 19.1 Å². The van der Waals surface area contributed by atoms with Crippen molar-refractivity contribution < 1.29 is 8.78 Å². The second-order valence-corrected chi connectivity index (χ2v) is 9.06. The van der Waals surface area contributed by atoms with Crippen LogP contribution in [0.1, 0.15) is 44.4 Å². The lowest BCUT2D eigenvalue weighted by Gasteiger charge is -2.36. The molecule has 34 heavy (non-hydrogen) atoms. The molecule has 1 aliphatic carbocycles. The highest BCUT2D eigenvalue weighted by Gasteiger charge is 2.45. The maximum absolute atomic E-state index is 13.5. The SMILES string of the molecule is CC(C)CCc1cn(-c2cnc(-n3ncc4cc(C#N)cnc43)cc2NC2CC(F)(F)C2)nn1. The molecule has 1 fully saturated rings. The molecule has 0 unspecified atom stereocenters. The molecule has 4 aromatic heterocycles. The summed E-state index contributed by atoms with van der Waals surface area (Å²) in [6.45, 7) is 4.30. The van der Waals surface area contributed by atoms with Gasteiger partial charge >= 0.3 is 0 Å². The highest BCUT2D eigenvalue weighted by molar-refractivity contribution is 5.77. The van der Waals surface area contributed by atoms with Gasteiger partial charge in [0.05, 0.1) is 35.5 Å². The molecule has 0 aliphatic heterocycles. The predicted molar refractivity (Wildman–Crippen MR) is 121 cm³/mol. The summed E-state index contributed by atoms with van der Waals surface area (Å²) in [5.41, 5.74) is 3.04. The first-order valence-electron chi connectivity index (χ1n) is 11.1. The topological polar surface area (TPSA) is 110 Å². The number of anilines is 1. The van der Waals surface area contributed by atoms with Crippen LogP contribution in [-0.2, 0) is 6.42 Å². The molecule has 174 valence electrons. The van der Waals surface area contributed by atoms with Crippen molar-refractivity contribution in [1.29, 1.82) is 5.26 Å². The van der Waals surface area contributed by atoms with Crippen molar-refractivity contribution in [3.8, 4) is 17.6 Å². The van der Waals surface area contributed by atoms with E-state index in [1.807, 2.05) is 6.20 Å². The summed E-state index contributed by atoms with van der Waals surface area (Å²) in [4.78, 5) is 8.87. The van der Waals surface area contributed by atoms with Gasteiger partial charge in [-0.2, -0.15) is 15.0 Å². The van der Waals surface area contributed by atoms with E-state index in [4.69, 9.17) is 5.26 Å². The number of fused-ring (bicyclic) bond motifs is 1. The van der Waals surface area contributed by atoms with Gasteiger partial charge in [-0.25, -0.2) is 23.4 Å². The molecule has 0 saturated heterocycles. The van der Waals surface area contributed by atoms with Crippen LogP contribution in [-0.4, -0.2) is 46.7 Å². The summed E-state index contributed by atoms with van der Waals surface area (Å²) >= 11 is 0. The van der Waals surface area contributed by atoms with Crippen LogP contribution in [0.25, 0.3) is 22.5 Å². The summed E-state index contributed by atoms with van der Waals surface area (Å²) < 4.78 is 30.1.